The fourth-order valence-electron chi connectivity index (χ4n) is 0.610. The van der Waals surface area contributed by atoms with Gasteiger partial charge in [-0.3, -0.25) is 0 Å². The van der Waals surface area contributed by atoms with E-state index in [2.05, 4.69) is 19.9 Å². The second kappa shape index (κ2) is 3.91. The van der Waals surface area contributed by atoms with E-state index in [1.807, 2.05) is 18.2 Å². The summed E-state index contributed by atoms with van der Waals surface area (Å²) in [6, 6.07) is 8.08. The van der Waals surface area contributed by atoms with E-state index >= 15 is 0 Å². The van der Waals surface area contributed by atoms with Crippen LogP contribution in [0.5, 0.6) is 0 Å². The third-order valence-corrected chi connectivity index (χ3v) is 1.26. The third-order valence-electron chi connectivity index (χ3n) is 1.26. The summed E-state index contributed by atoms with van der Waals surface area (Å²) >= 11 is 0. The van der Waals surface area contributed by atoms with Crippen molar-refractivity contribution in [3.05, 3.63) is 42.3 Å². The van der Waals surface area contributed by atoms with Gasteiger partial charge in [-0.05, 0) is 25.0 Å². The minimum absolute atomic E-state index is 0. The zero-order valence-electron chi connectivity index (χ0n) is 5.02. The highest BCUT2D eigenvalue weighted by molar-refractivity contribution is 5.75. The summed E-state index contributed by atoms with van der Waals surface area (Å²) in [4.78, 5) is 0. The molecule has 1 rings (SSSR count). The Balaban J connectivity index is 0.000000640. The van der Waals surface area contributed by atoms with Crippen molar-refractivity contribution in [1.29, 1.82) is 0 Å². The fourth-order valence-corrected chi connectivity index (χ4v) is 0.610. The van der Waals surface area contributed by atoms with Gasteiger partial charge in [-0.25, -0.2) is 0 Å². The average Bonchev–Trinajstić information content (AvgIpc) is 1.77. The second-order valence-electron chi connectivity index (χ2n) is 1.93. The Morgan fingerprint density at radius 1 is 1.22 bits per heavy atom. The van der Waals surface area contributed by atoms with E-state index in [-0.39, 0.29) is 23.1 Å². The zero-order chi connectivity index (χ0) is 5.98. The molecule has 0 atom stereocenters. The van der Waals surface area contributed by atoms with Gasteiger partial charge in [-0.2, -0.15) is 0 Å². The summed E-state index contributed by atoms with van der Waals surface area (Å²) in [5, 5.41) is 0. The lowest BCUT2D eigenvalue weighted by Crippen LogP contribution is -1.74. The van der Waals surface area contributed by atoms with Crippen LogP contribution >= 0.6 is 0 Å². The van der Waals surface area contributed by atoms with E-state index < -0.39 is 0 Å². The standard InChI is InChI=1S/C8H9.Mg.2H/c1-7-5-3-4-6-8(7)2;;;/h3-6H,1H2,2H3;;;. The molecule has 0 saturated carbocycles. The van der Waals surface area contributed by atoms with Gasteiger partial charge in [-0.15, -0.1) is 0 Å². The lowest BCUT2D eigenvalue weighted by atomic mass is 10.1. The Morgan fingerprint density at radius 2 is 1.78 bits per heavy atom. The van der Waals surface area contributed by atoms with Crippen molar-refractivity contribution in [1.82, 2.24) is 0 Å². The number of aryl methyl sites for hydroxylation is 1. The van der Waals surface area contributed by atoms with Crippen LogP contribution in [0.4, 0.5) is 0 Å². The molecule has 0 aliphatic rings. The van der Waals surface area contributed by atoms with Crippen molar-refractivity contribution in [2.75, 3.05) is 0 Å². The van der Waals surface area contributed by atoms with Gasteiger partial charge in [0.2, 0.25) is 0 Å². The summed E-state index contributed by atoms with van der Waals surface area (Å²) in [5.41, 5.74) is 2.38. The molecule has 0 bridgehead atoms. The molecule has 1 aromatic carbocycles. The SMILES string of the molecule is [CH2]c1ccccc1C.[MgH2]. The molecule has 1 radical (unpaired) electrons. The summed E-state index contributed by atoms with van der Waals surface area (Å²) < 4.78 is 0. The lowest BCUT2D eigenvalue weighted by molar-refractivity contribution is 1.42. The van der Waals surface area contributed by atoms with Crippen LogP contribution in [-0.2, 0) is 0 Å². The molecule has 0 nitrogen and oxygen atoms in total. The van der Waals surface area contributed by atoms with Crippen molar-refractivity contribution in [3.8, 4) is 0 Å². The monoisotopic (exact) mass is 131 g/mol. The van der Waals surface area contributed by atoms with Crippen molar-refractivity contribution >= 4 is 23.1 Å². The first kappa shape index (κ1) is 8.99. The number of hydrogen-bond acceptors (Lipinski definition) is 0. The van der Waals surface area contributed by atoms with Gasteiger partial charge < -0.3 is 0 Å². The van der Waals surface area contributed by atoms with Crippen LogP contribution in [0.3, 0.4) is 0 Å². The molecule has 0 saturated heterocycles. The Hall–Kier alpha value is -0.0138. The minimum atomic E-state index is 0. The molecule has 0 N–H and O–H groups in total. The van der Waals surface area contributed by atoms with Crippen molar-refractivity contribution in [2.45, 2.75) is 6.92 Å². The van der Waals surface area contributed by atoms with Crippen LogP contribution in [0.2, 0.25) is 0 Å². The predicted octanol–water partition coefficient (Wildman–Crippen LogP) is 1.26. The van der Waals surface area contributed by atoms with Crippen molar-refractivity contribution in [3.63, 3.8) is 0 Å². The first-order valence-corrected chi connectivity index (χ1v) is 2.68. The molecule has 0 heterocycles. The molecule has 0 fully saturated rings. The van der Waals surface area contributed by atoms with Gasteiger partial charge in [-0.1, -0.05) is 24.3 Å². The Morgan fingerprint density at radius 3 is 2.11 bits per heavy atom. The molecule has 0 aliphatic heterocycles. The van der Waals surface area contributed by atoms with Crippen LogP contribution < -0.4 is 0 Å². The first-order chi connectivity index (χ1) is 3.80. The van der Waals surface area contributed by atoms with Gasteiger partial charge in [0.15, 0.2) is 0 Å². The molecular formula is C8H11Mg. The maximum Gasteiger partial charge on any atom is 0.316 e. The van der Waals surface area contributed by atoms with E-state index in [0.717, 1.165) is 5.56 Å². The summed E-state index contributed by atoms with van der Waals surface area (Å²) in [7, 11) is 0. The van der Waals surface area contributed by atoms with Gasteiger partial charge >= 0.3 is 23.1 Å². The smallest absolute Gasteiger partial charge is 0.0620 e. The minimum Gasteiger partial charge on any atom is -0.0620 e. The molecule has 0 aliphatic carbocycles. The van der Waals surface area contributed by atoms with Crippen molar-refractivity contribution < 1.29 is 0 Å². The predicted molar refractivity (Wildman–Crippen MR) is 44.2 cm³/mol. The summed E-state index contributed by atoms with van der Waals surface area (Å²) in [5.74, 6) is 0. The number of hydrogen-bond donors (Lipinski definition) is 0. The lowest BCUT2D eigenvalue weighted by Gasteiger charge is -1.93. The van der Waals surface area contributed by atoms with E-state index in [4.69, 9.17) is 0 Å². The van der Waals surface area contributed by atoms with Gasteiger partial charge in [0, 0.05) is 0 Å². The van der Waals surface area contributed by atoms with Crippen LogP contribution in [0.1, 0.15) is 11.1 Å². The average molecular weight is 131 g/mol. The maximum absolute atomic E-state index is 3.82. The second-order valence-corrected chi connectivity index (χ2v) is 1.93. The number of rotatable bonds is 0. The highest BCUT2D eigenvalue weighted by Crippen LogP contribution is 2.02. The summed E-state index contributed by atoms with van der Waals surface area (Å²) in [6.45, 7) is 5.88. The van der Waals surface area contributed by atoms with Crippen LogP contribution in [0.15, 0.2) is 24.3 Å². The van der Waals surface area contributed by atoms with Gasteiger partial charge in [0.25, 0.3) is 0 Å². The molecule has 0 spiro atoms. The van der Waals surface area contributed by atoms with Crippen LogP contribution in [0.25, 0.3) is 0 Å². The first-order valence-electron chi connectivity index (χ1n) is 2.68. The van der Waals surface area contributed by atoms with Gasteiger partial charge in [0.05, 0.1) is 0 Å². The molecule has 45 valence electrons. The normalized spacial score (nSPS) is 8.22. The molecule has 9 heavy (non-hydrogen) atoms. The molecule has 0 aromatic heterocycles. The van der Waals surface area contributed by atoms with Crippen LogP contribution in [-0.4, -0.2) is 23.1 Å². The fraction of sp³-hybridized carbons (Fsp3) is 0.125. The highest BCUT2D eigenvalue weighted by Gasteiger charge is 1.84. The van der Waals surface area contributed by atoms with E-state index in [1.54, 1.807) is 0 Å². The highest BCUT2D eigenvalue weighted by atomic mass is 24.3. The van der Waals surface area contributed by atoms with E-state index in [1.165, 1.54) is 5.56 Å². The summed E-state index contributed by atoms with van der Waals surface area (Å²) in [6.07, 6.45) is 0. The molecule has 1 aromatic rings. The Kier molecular flexibility index (Phi) is 3.90. The van der Waals surface area contributed by atoms with Crippen molar-refractivity contribution in [2.24, 2.45) is 0 Å². The molecule has 0 amide bonds. The van der Waals surface area contributed by atoms with Crippen LogP contribution in [0, 0.1) is 13.8 Å². The van der Waals surface area contributed by atoms with E-state index in [9.17, 15) is 0 Å². The topological polar surface area (TPSA) is 0 Å². The molecular weight excluding hydrogens is 120 g/mol. The Labute approximate surface area is 72.4 Å². The van der Waals surface area contributed by atoms with E-state index in [0.29, 0.717) is 0 Å². The maximum atomic E-state index is 3.82. The zero-order valence-corrected chi connectivity index (χ0v) is 5.02. The Bertz CT molecular complexity index is 161. The molecule has 0 unspecified atom stereocenters. The third kappa shape index (κ3) is 2.37. The number of benzene rings is 1. The van der Waals surface area contributed by atoms with Gasteiger partial charge in [0.1, 0.15) is 0 Å². The largest absolute Gasteiger partial charge is 0.316 e. The molecule has 1 heteroatoms. The quantitative estimate of drug-likeness (QED) is 0.465.